The first-order valence-electron chi connectivity index (χ1n) is 11.8. The molecule has 0 heterocycles. The molecule has 1 atom stereocenters. The number of hydrogen-bond donors (Lipinski definition) is 1. The lowest BCUT2D eigenvalue weighted by atomic mass is 9.95. The first-order valence-corrected chi connectivity index (χ1v) is 13.3. The molecule has 0 aromatic heterocycles. The Morgan fingerprint density at radius 1 is 0.778 bits per heavy atom. The normalized spacial score (nSPS) is 12.1. The fourth-order valence-electron chi connectivity index (χ4n) is 4.34. The summed E-state index contributed by atoms with van der Waals surface area (Å²) in [6.07, 6.45) is 0. The zero-order chi connectivity index (χ0) is 25.7. The molecule has 0 aliphatic heterocycles. The topological polar surface area (TPSA) is 66.5 Å². The van der Waals surface area contributed by atoms with Gasteiger partial charge in [-0.2, -0.15) is 0 Å². The maximum Gasteiger partial charge on any atom is 0.264 e. The summed E-state index contributed by atoms with van der Waals surface area (Å²) >= 11 is 0. The minimum absolute atomic E-state index is 0.135. The van der Waals surface area contributed by atoms with E-state index in [1.807, 2.05) is 87.5 Å². The predicted octanol–water partition coefficient (Wildman–Crippen LogP) is 5.71. The van der Waals surface area contributed by atoms with Gasteiger partial charge in [-0.15, -0.1) is 0 Å². The van der Waals surface area contributed by atoms with E-state index in [4.69, 9.17) is 0 Å². The van der Waals surface area contributed by atoms with Crippen molar-refractivity contribution in [3.63, 3.8) is 0 Å². The van der Waals surface area contributed by atoms with Gasteiger partial charge in [-0.1, -0.05) is 90.5 Å². The Labute approximate surface area is 213 Å². The first-order chi connectivity index (χ1) is 17.3. The molecule has 0 saturated heterocycles. The Morgan fingerprint density at radius 3 is 2.03 bits per heavy atom. The van der Waals surface area contributed by atoms with Gasteiger partial charge in [-0.3, -0.25) is 9.10 Å². The van der Waals surface area contributed by atoms with E-state index in [2.05, 4.69) is 5.32 Å². The fraction of sp³-hybridized carbons (Fsp3) is 0.167. The van der Waals surface area contributed by atoms with Crippen LogP contribution in [0.15, 0.2) is 108 Å². The Bertz CT molecular complexity index is 1450. The first kappa shape index (κ1) is 25.2. The minimum Gasteiger partial charge on any atom is -0.344 e. The van der Waals surface area contributed by atoms with Crippen molar-refractivity contribution in [3.8, 4) is 0 Å². The van der Waals surface area contributed by atoms with E-state index >= 15 is 0 Å². The molecule has 5 nitrogen and oxygen atoms in total. The number of benzene rings is 4. The van der Waals surface area contributed by atoms with Crippen LogP contribution in [-0.4, -0.2) is 20.9 Å². The quantitative estimate of drug-likeness (QED) is 0.338. The van der Waals surface area contributed by atoms with Crippen LogP contribution < -0.4 is 9.62 Å². The van der Waals surface area contributed by atoms with Gasteiger partial charge in [0, 0.05) is 0 Å². The number of anilines is 1. The minimum atomic E-state index is -3.99. The molecule has 0 saturated carbocycles. The van der Waals surface area contributed by atoms with Crippen LogP contribution in [0.4, 0.5) is 5.69 Å². The highest BCUT2D eigenvalue weighted by Crippen LogP contribution is 2.29. The van der Waals surface area contributed by atoms with Crippen molar-refractivity contribution in [2.24, 2.45) is 0 Å². The zero-order valence-electron chi connectivity index (χ0n) is 20.7. The van der Waals surface area contributed by atoms with Crippen molar-refractivity contribution in [2.45, 2.75) is 31.7 Å². The summed E-state index contributed by atoms with van der Waals surface area (Å²) in [6, 6.07) is 30.9. The molecule has 0 bridgehead atoms. The molecule has 36 heavy (non-hydrogen) atoms. The highest BCUT2D eigenvalue weighted by molar-refractivity contribution is 7.92. The molecule has 4 aromatic rings. The molecule has 0 spiro atoms. The zero-order valence-corrected chi connectivity index (χ0v) is 21.5. The van der Waals surface area contributed by atoms with E-state index in [0.29, 0.717) is 5.69 Å². The van der Waals surface area contributed by atoms with Gasteiger partial charge in [0.05, 0.1) is 16.6 Å². The number of carbonyl (C=O) groups is 1. The van der Waals surface area contributed by atoms with Crippen LogP contribution in [0.25, 0.3) is 0 Å². The smallest absolute Gasteiger partial charge is 0.264 e. The molecule has 1 unspecified atom stereocenters. The van der Waals surface area contributed by atoms with Crippen LogP contribution in [0.5, 0.6) is 0 Å². The predicted molar refractivity (Wildman–Crippen MR) is 144 cm³/mol. The summed E-state index contributed by atoms with van der Waals surface area (Å²) < 4.78 is 28.7. The molecule has 4 aromatic carbocycles. The number of amides is 1. The van der Waals surface area contributed by atoms with Gasteiger partial charge in [0.25, 0.3) is 10.0 Å². The summed E-state index contributed by atoms with van der Waals surface area (Å²) in [4.78, 5) is 13.7. The van der Waals surface area contributed by atoms with E-state index in [-0.39, 0.29) is 11.4 Å². The summed E-state index contributed by atoms with van der Waals surface area (Å²) in [5, 5.41) is 3.10. The van der Waals surface area contributed by atoms with Crippen molar-refractivity contribution < 1.29 is 13.2 Å². The summed E-state index contributed by atoms with van der Waals surface area (Å²) in [5.41, 5.74) is 5.19. The van der Waals surface area contributed by atoms with E-state index in [1.54, 1.807) is 36.4 Å². The highest BCUT2D eigenvalue weighted by Gasteiger charge is 2.29. The average Bonchev–Trinajstić information content (AvgIpc) is 2.88. The molecule has 0 aliphatic carbocycles. The standard InChI is InChI=1S/C30H30N2O3S/c1-22-18-19-28(24(3)20-22)32(36(34,35)26-15-8-5-9-16-26)21-29(33)31-30(25-13-6-4-7-14-25)27-17-11-10-12-23(27)2/h4-20,30H,21H2,1-3H3,(H,31,33). The number of nitrogens with zero attached hydrogens (tertiary/aromatic N) is 1. The van der Waals surface area contributed by atoms with Crippen LogP contribution in [0.3, 0.4) is 0 Å². The monoisotopic (exact) mass is 498 g/mol. The Hall–Kier alpha value is -3.90. The molecule has 0 fully saturated rings. The third kappa shape index (κ3) is 5.50. The van der Waals surface area contributed by atoms with Crippen molar-refractivity contribution in [2.75, 3.05) is 10.8 Å². The molecule has 0 aliphatic rings. The third-order valence-electron chi connectivity index (χ3n) is 6.18. The highest BCUT2D eigenvalue weighted by atomic mass is 32.2. The van der Waals surface area contributed by atoms with Gasteiger partial charge in [0.1, 0.15) is 6.54 Å². The Morgan fingerprint density at radius 2 is 1.39 bits per heavy atom. The number of hydrogen-bond acceptors (Lipinski definition) is 3. The van der Waals surface area contributed by atoms with Crippen molar-refractivity contribution in [1.29, 1.82) is 0 Å². The van der Waals surface area contributed by atoms with Gasteiger partial charge in [0.2, 0.25) is 5.91 Å². The lowest BCUT2D eigenvalue weighted by Gasteiger charge is -2.28. The molecular formula is C30H30N2O3S. The second-order valence-corrected chi connectivity index (χ2v) is 10.7. The van der Waals surface area contributed by atoms with Gasteiger partial charge in [-0.25, -0.2) is 8.42 Å². The number of sulfonamides is 1. The van der Waals surface area contributed by atoms with Crippen LogP contribution >= 0.6 is 0 Å². The van der Waals surface area contributed by atoms with Crippen molar-refractivity contribution >= 4 is 21.6 Å². The van der Waals surface area contributed by atoms with Crippen LogP contribution in [0.1, 0.15) is 33.9 Å². The Kier molecular flexibility index (Phi) is 7.55. The second kappa shape index (κ2) is 10.8. The van der Waals surface area contributed by atoms with Crippen LogP contribution in [0, 0.1) is 20.8 Å². The molecule has 0 radical (unpaired) electrons. The molecule has 6 heteroatoms. The maximum atomic E-state index is 13.7. The molecule has 4 rings (SSSR count). The molecular weight excluding hydrogens is 468 g/mol. The molecule has 184 valence electrons. The number of rotatable bonds is 8. The SMILES string of the molecule is Cc1ccc(N(CC(=O)NC(c2ccccc2)c2ccccc2C)S(=O)(=O)c2ccccc2)c(C)c1. The Balaban J connectivity index is 1.72. The maximum absolute atomic E-state index is 13.7. The van der Waals surface area contributed by atoms with E-state index in [1.165, 1.54) is 4.31 Å². The van der Waals surface area contributed by atoms with E-state index in [0.717, 1.165) is 27.8 Å². The molecule has 1 N–H and O–H groups in total. The van der Waals surface area contributed by atoms with Gasteiger partial charge < -0.3 is 5.32 Å². The van der Waals surface area contributed by atoms with Crippen molar-refractivity contribution in [1.82, 2.24) is 5.32 Å². The number of carbonyl (C=O) groups excluding carboxylic acids is 1. The van der Waals surface area contributed by atoms with Crippen molar-refractivity contribution in [3.05, 3.63) is 131 Å². The number of nitrogens with one attached hydrogen (secondary N) is 1. The second-order valence-electron chi connectivity index (χ2n) is 8.88. The average molecular weight is 499 g/mol. The van der Waals surface area contributed by atoms with Crippen LogP contribution in [0.2, 0.25) is 0 Å². The van der Waals surface area contributed by atoms with Gasteiger partial charge >= 0.3 is 0 Å². The lowest BCUT2D eigenvalue weighted by Crippen LogP contribution is -2.42. The summed E-state index contributed by atoms with van der Waals surface area (Å²) in [6.45, 7) is 5.45. The summed E-state index contributed by atoms with van der Waals surface area (Å²) in [5.74, 6) is -0.397. The fourth-order valence-corrected chi connectivity index (χ4v) is 5.84. The number of aryl methyl sites for hydroxylation is 3. The lowest BCUT2D eigenvalue weighted by molar-refractivity contribution is -0.120. The van der Waals surface area contributed by atoms with E-state index in [9.17, 15) is 13.2 Å². The largest absolute Gasteiger partial charge is 0.344 e. The third-order valence-corrected chi connectivity index (χ3v) is 7.95. The molecule has 1 amide bonds. The van der Waals surface area contributed by atoms with E-state index < -0.39 is 22.0 Å². The summed E-state index contributed by atoms with van der Waals surface area (Å²) in [7, 11) is -3.99. The van der Waals surface area contributed by atoms with Gasteiger partial charge in [-0.05, 0) is 61.2 Å². The van der Waals surface area contributed by atoms with Crippen LogP contribution in [-0.2, 0) is 14.8 Å². The van der Waals surface area contributed by atoms with Gasteiger partial charge in [0.15, 0.2) is 0 Å².